The lowest BCUT2D eigenvalue weighted by Crippen LogP contribution is -2.25. The maximum atomic E-state index is 9.63. The first-order valence-electron chi connectivity index (χ1n) is 29.6. The predicted molar refractivity (Wildman–Crippen MR) is 267 cm³/mol. The van der Waals surface area contributed by atoms with E-state index in [1.54, 1.807) is 24.3 Å². The molecule has 5 nitrogen and oxygen atoms in total. The smallest absolute Gasteiger partial charge is 0.137 e. The van der Waals surface area contributed by atoms with Gasteiger partial charge in [-0.05, 0) is 106 Å². The number of benzene rings is 8. The Morgan fingerprint density at radius 1 is 0.578 bits per heavy atom. The van der Waals surface area contributed by atoms with E-state index in [2.05, 4.69) is 37.9 Å². The van der Waals surface area contributed by atoms with Gasteiger partial charge < -0.3 is 14.5 Å². The van der Waals surface area contributed by atoms with E-state index in [0.717, 1.165) is 28.1 Å². The van der Waals surface area contributed by atoms with Gasteiger partial charge in [-0.1, -0.05) is 148 Å². The average Bonchev–Trinajstić information content (AvgIpc) is 2.40. The van der Waals surface area contributed by atoms with Crippen LogP contribution in [0.25, 0.3) is 61.0 Å². The highest BCUT2D eigenvalue weighted by Crippen LogP contribution is 2.50. The fraction of sp³-hybridized carbons (Fsp3) is 0.102. The number of fused-ring (bicyclic) bond motifs is 4. The topological polar surface area (TPSA) is 33.5 Å². The molecule has 0 amide bonds. The number of aromatic nitrogens is 2. The molecule has 11 rings (SSSR count). The van der Waals surface area contributed by atoms with Crippen molar-refractivity contribution in [3.63, 3.8) is 0 Å². The first-order valence-corrected chi connectivity index (χ1v) is 20.6. The molecule has 0 N–H and O–H groups in total. The van der Waals surface area contributed by atoms with E-state index in [-0.39, 0.29) is 74.4 Å². The fourth-order valence-corrected chi connectivity index (χ4v) is 8.26. The van der Waals surface area contributed by atoms with Crippen LogP contribution in [-0.4, -0.2) is 16.2 Å². The molecule has 8 aromatic carbocycles. The molecule has 3 heterocycles. The first kappa shape index (κ1) is 24.1. The lowest BCUT2D eigenvalue weighted by atomic mass is 9.85. The zero-order valence-electron chi connectivity index (χ0n) is 52.9. The Bertz CT molecular complexity index is 4300. The maximum Gasteiger partial charge on any atom is 0.137 e. The normalized spacial score (nSPS) is 16.7. The van der Waals surface area contributed by atoms with Gasteiger partial charge in [-0.2, -0.15) is 0 Å². The van der Waals surface area contributed by atoms with E-state index in [9.17, 15) is 6.85 Å². The van der Waals surface area contributed by atoms with E-state index in [0.29, 0.717) is 16.9 Å². The van der Waals surface area contributed by atoms with E-state index in [4.69, 9.17) is 22.6 Å². The summed E-state index contributed by atoms with van der Waals surface area (Å²) in [6.45, 7) is 3.85. The van der Waals surface area contributed by atoms with Crippen LogP contribution in [0.1, 0.15) is 56.6 Å². The Hall–Kier alpha value is -7.89. The minimum atomic E-state index is -2.63. The summed E-state index contributed by atoms with van der Waals surface area (Å²) < 4.78 is 166. The fourth-order valence-electron chi connectivity index (χ4n) is 8.26. The van der Waals surface area contributed by atoms with Crippen LogP contribution in [0.4, 0.5) is 22.7 Å². The first-order chi connectivity index (χ1) is 38.7. The molecule has 0 atom stereocenters. The minimum absolute atomic E-state index is 0.0164. The van der Waals surface area contributed by atoms with Crippen molar-refractivity contribution >= 4 is 44.6 Å². The number of ether oxygens (including phenoxy) is 1. The van der Waals surface area contributed by atoms with Crippen LogP contribution >= 0.6 is 0 Å². The highest BCUT2D eigenvalue weighted by Gasteiger charge is 2.31. The lowest BCUT2D eigenvalue weighted by molar-refractivity contribution is 0.483. The minimum Gasteiger partial charge on any atom is -0.457 e. The van der Waals surface area contributed by atoms with Gasteiger partial charge in [0.15, 0.2) is 0 Å². The number of para-hydroxylation sites is 3. The van der Waals surface area contributed by atoms with Gasteiger partial charge in [-0.3, -0.25) is 4.57 Å². The average molecular weight is 847 g/mol. The standard InChI is InChI=1S/C59H48N4O/c1-40-32-33-60-57(34-40)63-53-31-28-43(41-16-7-5-8-17-41)36-52(53)51-30-29-48(38-56(51)63)64-47-23-14-22-46(37-47)61-39-62(55-27-12-11-26-54(55)61)58-49(42-18-9-6-10-19-42)24-15-25-50(58)44-20-13-21-45(35-44)59(2,3)4/h5-38H,39H2,1-4H3/i1D3,5D,6D,7D,8D,9D,10D,16D,17D,18D,19D,28D,29D,30D,31D,36D. The van der Waals surface area contributed by atoms with Crippen molar-refractivity contribution in [3.8, 4) is 50.7 Å². The second-order valence-corrected chi connectivity index (χ2v) is 16.3. The third-order valence-electron chi connectivity index (χ3n) is 11.3. The Morgan fingerprint density at radius 3 is 2.09 bits per heavy atom. The molecule has 0 fully saturated rings. The monoisotopic (exact) mass is 846 g/mol. The molecule has 0 aliphatic carbocycles. The summed E-state index contributed by atoms with van der Waals surface area (Å²) in [5, 5.41) is -0.308. The van der Waals surface area contributed by atoms with Crippen LogP contribution in [0.3, 0.4) is 0 Å². The van der Waals surface area contributed by atoms with Crippen LogP contribution in [-0.2, 0) is 5.41 Å². The van der Waals surface area contributed by atoms with Crippen LogP contribution < -0.4 is 14.5 Å². The summed E-state index contributed by atoms with van der Waals surface area (Å²) in [5.74, 6) is -0.0693. The molecule has 5 heteroatoms. The Balaban J connectivity index is 1.08. The number of aryl methyl sites for hydroxylation is 1. The molecule has 1 aliphatic rings. The van der Waals surface area contributed by atoms with Crippen molar-refractivity contribution in [2.24, 2.45) is 0 Å². The summed E-state index contributed by atoms with van der Waals surface area (Å²) in [4.78, 5) is 8.51. The molecule has 310 valence electrons. The SMILES string of the molecule is [2H]c1c([2H])c([2H])c(-c2cccc(-c3cccc(C(C)(C)C)c3)c2N2CN(c3cccc(Oc4cc5c(c([2H])c4[2H])c4c([2H])c(-c6c([2H])c([2H])c([2H])c([2H])c6[2H])c([2H])c([2H])c4n5-c4cc(C([2H])([2H])[2H])ccn4)c3)c3ccccc32)c([2H])c1[2H]. The molecule has 0 radical (unpaired) electrons. The van der Waals surface area contributed by atoms with Crippen molar-refractivity contribution in [2.75, 3.05) is 16.5 Å². The highest BCUT2D eigenvalue weighted by molar-refractivity contribution is 6.11. The molecular formula is C59H48N4O. The van der Waals surface area contributed by atoms with Crippen molar-refractivity contribution < 1.29 is 29.4 Å². The van der Waals surface area contributed by atoms with Gasteiger partial charge in [0.05, 0.1) is 48.7 Å². The van der Waals surface area contributed by atoms with Gasteiger partial charge >= 0.3 is 0 Å². The number of pyridine rings is 1. The highest BCUT2D eigenvalue weighted by atomic mass is 16.5. The molecule has 0 saturated heterocycles. The van der Waals surface area contributed by atoms with Crippen LogP contribution in [0.5, 0.6) is 11.5 Å². The molecule has 0 saturated carbocycles. The number of hydrogen-bond donors (Lipinski definition) is 0. The summed E-state index contributed by atoms with van der Waals surface area (Å²) >= 11 is 0. The molecule has 2 aromatic heterocycles. The van der Waals surface area contributed by atoms with Gasteiger partial charge in [0.25, 0.3) is 0 Å². The number of hydrogen-bond acceptors (Lipinski definition) is 4. The summed E-state index contributed by atoms with van der Waals surface area (Å²) in [6, 6.07) is 23.5. The van der Waals surface area contributed by atoms with Crippen molar-refractivity contribution in [3.05, 3.63) is 217 Å². The quantitative estimate of drug-likeness (QED) is 0.153. The molecule has 0 spiro atoms. The van der Waals surface area contributed by atoms with Crippen molar-refractivity contribution in [2.45, 2.75) is 33.0 Å². The van der Waals surface area contributed by atoms with Gasteiger partial charge in [0.1, 0.15) is 24.0 Å². The second kappa shape index (κ2) is 15.8. The van der Waals surface area contributed by atoms with Crippen LogP contribution in [0.2, 0.25) is 0 Å². The van der Waals surface area contributed by atoms with E-state index in [1.807, 2.05) is 64.4 Å². The van der Waals surface area contributed by atoms with Crippen molar-refractivity contribution in [1.82, 2.24) is 9.55 Å². The van der Waals surface area contributed by atoms with Crippen LogP contribution in [0.15, 0.2) is 206 Å². The van der Waals surface area contributed by atoms with Gasteiger partial charge in [0.2, 0.25) is 0 Å². The summed E-state index contributed by atoms with van der Waals surface area (Å²) in [6.07, 6.45) is 1.24. The molecular weight excluding hydrogens is 781 g/mol. The lowest BCUT2D eigenvalue weighted by Gasteiger charge is -2.28. The summed E-state index contributed by atoms with van der Waals surface area (Å²) in [5.41, 5.74) is 4.20. The predicted octanol–water partition coefficient (Wildman–Crippen LogP) is 15.8. The van der Waals surface area contributed by atoms with Crippen LogP contribution in [0, 0.1) is 6.85 Å². The van der Waals surface area contributed by atoms with Crippen molar-refractivity contribution in [1.29, 1.82) is 0 Å². The second-order valence-electron chi connectivity index (χ2n) is 16.3. The maximum absolute atomic E-state index is 9.63. The molecule has 0 bridgehead atoms. The molecule has 10 aromatic rings. The number of nitrogens with zero attached hydrogens (tertiary/aromatic N) is 4. The Morgan fingerprint density at radius 2 is 1.31 bits per heavy atom. The third kappa shape index (κ3) is 7.05. The zero-order chi connectivity index (χ0) is 58.9. The van der Waals surface area contributed by atoms with E-state index < -0.39 is 96.5 Å². The molecule has 64 heavy (non-hydrogen) atoms. The summed E-state index contributed by atoms with van der Waals surface area (Å²) in [7, 11) is 0. The molecule has 0 unspecified atom stereocenters. The zero-order valence-corrected chi connectivity index (χ0v) is 34.9. The van der Waals surface area contributed by atoms with E-state index in [1.165, 1.54) is 29.0 Å². The molecule has 1 aliphatic heterocycles. The van der Waals surface area contributed by atoms with Gasteiger partial charge in [-0.15, -0.1) is 0 Å². The number of anilines is 4. The van der Waals surface area contributed by atoms with Gasteiger partial charge in [0, 0.05) is 50.0 Å². The Kier molecular flexibility index (Phi) is 5.94. The number of rotatable bonds is 8. The third-order valence-corrected chi connectivity index (χ3v) is 11.3. The van der Waals surface area contributed by atoms with E-state index >= 15 is 0 Å². The largest absolute Gasteiger partial charge is 0.457 e. The Labute approximate surface area is 400 Å². The van der Waals surface area contributed by atoms with Gasteiger partial charge in [-0.25, -0.2) is 4.98 Å².